The highest BCUT2D eigenvalue weighted by molar-refractivity contribution is 5.75. The fraction of sp³-hybridized carbons (Fsp3) is 0.529. The molecule has 0 radical (unpaired) electrons. The molecule has 2 amide bonds. The molecule has 0 fully saturated rings. The molecule has 6 nitrogen and oxygen atoms in total. The van der Waals surface area contributed by atoms with E-state index in [1.165, 1.54) is 0 Å². The average Bonchev–Trinajstić information content (AvgIpc) is 2.46. The number of ether oxygens (including phenoxy) is 1. The molecule has 1 atom stereocenters. The summed E-state index contributed by atoms with van der Waals surface area (Å²) in [5.41, 5.74) is 0.927. The van der Waals surface area contributed by atoms with Crippen molar-refractivity contribution in [2.24, 2.45) is 5.92 Å². The van der Waals surface area contributed by atoms with Gasteiger partial charge >= 0.3 is 12.0 Å². The van der Waals surface area contributed by atoms with Crippen LogP contribution in [0, 0.1) is 5.92 Å². The van der Waals surface area contributed by atoms with Crippen LogP contribution in [0.5, 0.6) is 5.75 Å². The van der Waals surface area contributed by atoms with E-state index in [-0.39, 0.29) is 25.0 Å². The van der Waals surface area contributed by atoms with Crippen LogP contribution in [-0.2, 0) is 4.79 Å². The summed E-state index contributed by atoms with van der Waals surface area (Å²) in [7, 11) is 0. The van der Waals surface area contributed by atoms with Crippen LogP contribution < -0.4 is 15.4 Å². The first-order valence-electron chi connectivity index (χ1n) is 7.91. The first-order valence-corrected chi connectivity index (χ1v) is 7.91. The van der Waals surface area contributed by atoms with Crippen LogP contribution in [0.3, 0.4) is 0 Å². The number of carbonyl (C=O) groups excluding carboxylic acids is 1. The van der Waals surface area contributed by atoms with Crippen LogP contribution in [0.15, 0.2) is 24.3 Å². The van der Waals surface area contributed by atoms with E-state index in [0.717, 1.165) is 17.7 Å². The van der Waals surface area contributed by atoms with Crippen molar-refractivity contribution in [1.82, 2.24) is 10.6 Å². The van der Waals surface area contributed by atoms with Crippen molar-refractivity contribution >= 4 is 12.0 Å². The lowest BCUT2D eigenvalue weighted by Gasteiger charge is -2.23. The smallest absolute Gasteiger partial charge is 0.315 e. The lowest BCUT2D eigenvalue weighted by atomic mass is 9.96. The Kier molecular flexibility index (Phi) is 7.94. The Morgan fingerprint density at radius 2 is 1.96 bits per heavy atom. The zero-order valence-corrected chi connectivity index (χ0v) is 14.0. The molecule has 0 aliphatic heterocycles. The van der Waals surface area contributed by atoms with E-state index in [9.17, 15) is 9.59 Å². The van der Waals surface area contributed by atoms with Gasteiger partial charge in [0.25, 0.3) is 0 Å². The lowest BCUT2D eigenvalue weighted by molar-refractivity contribution is -0.136. The SMILES string of the molecule is CCOc1ccccc1C(CC(C)C)NC(=O)NCCC(=O)O. The molecule has 0 spiro atoms. The van der Waals surface area contributed by atoms with Gasteiger partial charge in [-0.1, -0.05) is 32.0 Å². The van der Waals surface area contributed by atoms with E-state index in [0.29, 0.717) is 12.5 Å². The maximum Gasteiger partial charge on any atom is 0.315 e. The molecular formula is C17H26N2O4. The maximum absolute atomic E-state index is 12.0. The normalized spacial score (nSPS) is 11.8. The highest BCUT2D eigenvalue weighted by Gasteiger charge is 2.19. The van der Waals surface area contributed by atoms with Gasteiger partial charge in [-0.3, -0.25) is 4.79 Å². The topological polar surface area (TPSA) is 87.7 Å². The van der Waals surface area contributed by atoms with E-state index in [1.54, 1.807) is 0 Å². The van der Waals surface area contributed by atoms with Crippen molar-refractivity contribution in [2.75, 3.05) is 13.2 Å². The first-order chi connectivity index (χ1) is 10.9. The third-order valence-corrected chi connectivity index (χ3v) is 3.23. The molecule has 1 aromatic carbocycles. The standard InChI is InChI=1S/C17H26N2O4/c1-4-23-15-8-6-5-7-13(15)14(11-12(2)3)19-17(22)18-10-9-16(20)21/h5-8,12,14H,4,9-11H2,1-3H3,(H,20,21)(H2,18,19,22). The van der Waals surface area contributed by atoms with Crippen molar-refractivity contribution in [3.63, 3.8) is 0 Å². The quantitative estimate of drug-likeness (QED) is 0.652. The Labute approximate surface area is 137 Å². The van der Waals surface area contributed by atoms with Crippen molar-refractivity contribution in [2.45, 2.75) is 39.7 Å². The number of hydrogen-bond acceptors (Lipinski definition) is 3. The number of amides is 2. The van der Waals surface area contributed by atoms with Crippen molar-refractivity contribution in [3.05, 3.63) is 29.8 Å². The summed E-state index contributed by atoms with van der Waals surface area (Å²) < 4.78 is 5.64. The van der Waals surface area contributed by atoms with Gasteiger partial charge in [0, 0.05) is 12.1 Å². The van der Waals surface area contributed by atoms with E-state index in [1.807, 2.05) is 31.2 Å². The summed E-state index contributed by atoms with van der Waals surface area (Å²) in [6.45, 7) is 6.74. The fourth-order valence-electron chi connectivity index (χ4n) is 2.28. The van der Waals surface area contributed by atoms with Crippen LogP contribution in [0.25, 0.3) is 0 Å². The molecule has 128 valence electrons. The van der Waals surface area contributed by atoms with Crippen molar-refractivity contribution in [1.29, 1.82) is 0 Å². The van der Waals surface area contributed by atoms with E-state index in [2.05, 4.69) is 24.5 Å². The molecule has 6 heteroatoms. The zero-order valence-electron chi connectivity index (χ0n) is 14.0. The summed E-state index contributed by atoms with van der Waals surface area (Å²) in [6.07, 6.45) is 0.661. The molecule has 0 bridgehead atoms. The minimum absolute atomic E-state index is 0.0994. The molecular weight excluding hydrogens is 296 g/mol. The summed E-state index contributed by atoms with van der Waals surface area (Å²) in [6, 6.07) is 7.07. The fourth-order valence-corrected chi connectivity index (χ4v) is 2.28. The van der Waals surface area contributed by atoms with Gasteiger partial charge in [0.2, 0.25) is 0 Å². The van der Waals surface area contributed by atoms with E-state index < -0.39 is 5.97 Å². The number of rotatable bonds is 9. The second-order valence-corrected chi connectivity index (χ2v) is 5.70. The van der Waals surface area contributed by atoms with Gasteiger partial charge in [0.1, 0.15) is 5.75 Å². The van der Waals surface area contributed by atoms with Crippen LogP contribution >= 0.6 is 0 Å². The third kappa shape index (κ3) is 7.04. The van der Waals surface area contributed by atoms with Gasteiger partial charge in [-0.05, 0) is 25.3 Å². The molecule has 0 aliphatic carbocycles. The Balaban J connectivity index is 2.80. The summed E-state index contributed by atoms with van der Waals surface area (Å²) in [4.78, 5) is 22.5. The van der Waals surface area contributed by atoms with Crippen LogP contribution in [0.1, 0.15) is 45.2 Å². The molecule has 1 rings (SSSR count). The molecule has 0 heterocycles. The number of benzene rings is 1. The predicted molar refractivity (Wildman–Crippen MR) is 88.6 cm³/mol. The first kappa shape index (κ1) is 18.8. The van der Waals surface area contributed by atoms with Crippen LogP contribution in [-0.4, -0.2) is 30.3 Å². The van der Waals surface area contributed by atoms with Gasteiger partial charge in [-0.2, -0.15) is 0 Å². The molecule has 1 aromatic rings. The van der Waals surface area contributed by atoms with Gasteiger partial charge in [-0.15, -0.1) is 0 Å². The second-order valence-electron chi connectivity index (χ2n) is 5.70. The summed E-state index contributed by atoms with van der Waals surface area (Å²) in [5.74, 6) is 0.200. The van der Waals surface area contributed by atoms with Crippen LogP contribution in [0.2, 0.25) is 0 Å². The van der Waals surface area contributed by atoms with Crippen molar-refractivity contribution in [3.8, 4) is 5.75 Å². The Morgan fingerprint density at radius 1 is 1.26 bits per heavy atom. The number of para-hydroxylation sites is 1. The minimum atomic E-state index is -0.939. The highest BCUT2D eigenvalue weighted by atomic mass is 16.5. The Morgan fingerprint density at radius 3 is 2.57 bits per heavy atom. The second kappa shape index (κ2) is 9.71. The Hall–Kier alpha value is -2.24. The van der Waals surface area contributed by atoms with Crippen molar-refractivity contribution < 1.29 is 19.4 Å². The highest BCUT2D eigenvalue weighted by Crippen LogP contribution is 2.29. The van der Waals surface area contributed by atoms with Crippen LogP contribution in [0.4, 0.5) is 4.79 Å². The minimum Gasteiger partial charge on any atom is -0.494 e. The van der Waals surface area contributed by atoms with Gasteiger partial charge in [-0.25, -0.2) is 4.79 Å². The number of carbonyl (C=O) groups is 2. The summed E-state index contributed by atoms with van der Waals surface area (Å²) in [5, 5.41) is 14.1. The van der Waals surface area contributed by atoms with Gasteiger partial charge < -0.3 is 20.5 Å². The van der Waals surface area contributed by atoms with Gasteiger partial charge in [0.15, 0.2) is 0 Å². The average molecular weight is 322 g/mol. The molecule has 3 N–H and O–H groups in total. The monoisotopic (exact) mass is 322 g/mol. The third-order valence-electron chi connectivity index (χ3n) is 3.23. The number of urea groups is 1. The number of carboxylic acid groups (broad SMARTS) is 1. The Bertz CT molecular complexity index is 517. The maximum atomic E-state index is 12.0. The number of carboxylic acids is 1. The number of hydrogen-bond donors (Lipinski definition) is 3. The molecule has 23 heavy (non-hydrogen) atoms. The van der Waals surface area contributed by atoms with E-state index >= 15 is 0 Å². The molecule has 0 aromatic heterocycles. The summed E-state index contributed by atoms with van der Waals surface area (Å²) >= 11 is 0. The molecule has 1 unspecified atom stereocenters. The number of nitrogens with one attached hydrogen (secondary N) is 2. The number of aliphatic carboxylic acids is 1. The molecule has 0 saturated carbocycles. The molecule has 0 saturated heterocycles. The largest absolute Gasteiger partial charge is 0.494 e. The molecule has 0 aliphatic rings. The predicted octanol–water partition coefficient (Wildman–Crippen LogP) is 2.95. The van der Waals surface area contributed by atoms with Gasteiger partial charge in [0.05, 0.1) is 19.1 Å². The lowest BCUT2D eigenvalue weighted by Crippen LogP contribution is -2.39. The zero-order chi connectivity index (χ0) is 17.2. The van der Waals surface area contributed by atoms with E-state index in [4.69, 9.17) is 9.84 Å².